The third-order valence-corrected chi connectivity index (χ3v) is 2.51. The monoisotopic (exact) mass is 256 g/mol. The molecule has 0 heterocycles. The zero-order chi connectivity index (χ0) is 14.1. The molecule has 18 heavy (non-hydrogen) atoms. The maximum Gasteiger partial charge on any atom is 0.321 e. The number of carbonyl (C=O) groups excluding carboxylic acids is 2. The lowest BCUT2D eigenvalue weighted by molar-refractivity contribution is -0.142. The first-order chi connectivity index (χ1) is 8.40. The predicted molar refractivity (Wildman–Crippen MR) is 66.6 cm³/mol. The van der Waals surface area contributed by atoms with Crippen LogP contribution < -0.4 is 11.5 Å². The van der Waals surface area contributed by atoms with Crippen LogP contribution in [-0.2, 0) is 14.4 Å². The minimum absolute atomic E-state index is 0.357. The van der Waals surface area contributed by atoms with E-state index in [2.05, 4.69) is 0 Å². The number of hydrogen-bond donors (Lipinski definition) is 3. The van der Waals surface area contributed by atoms with Gasteiger partial charge in [0.2, 0.25) is 5.91 Å². The summed E-state index contributed by atoms with van der Waals surface area (Å²) in [6.07, 6.45) is 5.26. The van der Waals surface area contributed by atoms with Gasteiger partial charge in [-0.25, -0.2) is 0 Å². The van der Waals surface area contributed by atoms with Crippen LogP contribution in [0.1, 0.15) is 32.6 Å². The molecule has 2 atom stereocenters. The van der Waals surface area contributed by atoms with Crippen LogP contribution in [0.4, 0.5) is 0 Å². The molecule has 1 unspecified atom stereocenters. The normalized spacial score (nSPS) is 14.3. The van der Waals surface area contributed by atoms with Gasteiger partial charge in [0.05, 0.1) is 5.92 Å². The third-order valence-electron chi connectivity index (χ3n) is 2.51. The smallest absolute Gasteiger partial charge is 0.321 e. The summed E-state index contributed by atoms with van der Waals surface area (Å²) >= 11 is 0. The highest BCUT2D eigenvalue weighted by Crippen LogP contribution is 2.11. The second-order valence-electron chi connectivity index (χ2n) is 4.09. The Kier molecular flexibility index (Phi) is 7.62. The van der Waals surface area contributed by atoms with Crippen molar-refractivity contribution in [2.45, 2.75) is 38.6 Å². The van der Waals surface area contributed by atoms with Crippen molar-refractivity contribution in [3.8, 4) is 0 Å². The van der Waals surface area contributed by atoms with E-state index in [4.69, 9.17) is 16.6 Å². The lowest BCUT2D eigenvalue weighted by Crippen LogP contribution is -2.43. The zero-order valence-electron chi connectivity index (χ0n) is 10.5. The summed E-state index contributed by atoms with van der Waals surface area (Å²) in [5.74, 6) is -3.64. The van der Waals surface area contributed by atoms with Gasteiger partial charge in [-0.15, -0.1) is 0 Å². The molecule has 0 radical (unpaired) electrons. The average molecular weight is 256 g/mol. The summed E-state index contributed by atoms with van der Waals surface area (Å²) in [5.41, 5.74) is 10.4. The van der Waals surface area contributed by atoms with E-state index in [1.54, 1.807) is 6.08 Å². The van der Waals surface area contributed by atoms with Crippen LogP contribution in [0, 0.1) is 5.92 Å². The molecule has 0 aromatic carbocycles. The first-order valence-electron chi connectivity index (χ1n) is 5.87. The maximum absolute atomic E-state index is 11.7. The Morgan fingerprint density at radius 1 is 1.33 bits per heavy atom. The number of hydrogen-bond acceptors (Lipinski definition) is 4. The summed E-state index contributed by atoms with van der Waals surface area (Å²) < 4.78 is 0. The van der Waals surface area contributed by atoms with Gasteiger partial charge in [-0.3, -0.25) is 14.4 Å². The third kappa shape index (κ3) is 6.15. The van der Waals surface area contributed by atoms with Gasteiger partial charge in [0.1, 0.15) is 6.04 Å². The van der Waals surface area contributed by atoms with Crippen LogP contribution in [0.5, 0.6) is 0 Å². The molecule has 0 aliphatic rings. The van der Waals surface area contributed by atoms with E-state index in [1.165, 1.54) is 6.08 Å². The highest BCUT2D eigenvalue weighted by Gasteiger charge is 2.30. The molecule has 0 spiro atoms. The van der Waals surface area contributed by atoms with E-state index in [1.807, 2.05) is 6.92 Å². The van der Waals surface area contributed by atoms with Crippen LogP contribution in [-0.4, -0.2) is 28.8 Å². The lowest BCUT2D eigenvalue weighted by Gasteiger charge is -2.16. The molecule has 102 valence electrons. The summed E-state index contributed by atoms with van der Waals surface area (Å²) in [4.78, 5) is 33.3. The minimum Gasteiger partial charge on any atom is -0.480 e. The van der Waals surface area contributed by atoms with Crippen molar-refractivity contribution in [2.24, 2.45) is 17.4 Å². The van der Waals surface area contributed by atoms with E-state index < -0.39 is 29.6 Å². The van der Waals surface area contributed by atoms with Crippen LogP contribution in [0.15, 0.2) is 12.2 Å². The van der Waals surface area contributed by atoms with Crippen molar-refractivity contribution in [3.63, 3.8) is 0 Å². The number of carboxylic acids is 1. The molecule has 5 N–H and O–H groups in total. The molecule has 0 saturated heterocycles. The number of carbonyl (C=O) groups is 3. The number of primary amides is 1. The minimum atomic E-state index is -1.42. The SMILES string of the molecule is CCCCC=CC(=O)C(CC(N)=O)[C@H](N)C(=O)O. The molecule has 6 nitrogen and oxygen atoms in total. The van der Waals surface area contributed by atoms with Gasteiger partial charge in [0.25, 0.3) is 0 Å². The largest absolute Gasteiger partial charge is 0.480 e. The number of allylic oxidation sites excluding steroid dienone is 2. The van der Waals surface area contributed by atoms with Gasteiger partial charge >= 0.3 is 5.97 Å². The fourth-order valence-electron chi connectivity index (χ4n) is 1.44. The highest BCUT2D eigenvalue weighted by molar-refractivity contribution is 5.98. The Labute approximate surface area is 106 Å². The van der Waals surface area contributed by atoms with Crippen molar-refractivity contribution < 1.29 is 19.5 Å². The molecule has 1 amide bonds. The van der Waals surface area contributed by atoms with Crippen molar-refractivity contribution >= 4 is 17.7 Å². The second-order valence-corrected chi connectivity index (χ2v) is 4.09. The average Bonchev–Trinajstić information content (AvgIpc) is 2.30. The van der Waals surface area contributed by atoms with Crippen molar-refractivity contribution in [2.75, 3.05) is 0 Å². The first-order valence-corrected chi connectivity index (χ1v) is 5.87. The van der Waals surface area contributed by atoms with E-state index in [-0.39, 0.29) is 6.42 Å². The van der Waals surface area contributed by atoms with E-state index >= 15 is 0 Å². The van der Waals surface area contributed by atoms with Gasteiger partial charge in [0.15, 0.2) is 5.78 Å². The zero-order valence-corrected chi connectivity index (χ0v) is 10.5. The summed E-state index contributed by atoms with van der Waals surface area (Å²) in [5, 5.41) is 8.77. The van der Waals surface area contributed by atoms with Crippen LogP contribution >= 0.6 is 0 Å². The molecular formula is C12H20N2O4. The fourth-order valence-corrected chi connectivity index (χ4v) is 1.44. The van der Waals surface area contributed by atoms with Gasteiger partial charge < -0.3 is 16.6 Å². The topological polar surface area (TPSA) is 123 Å². The Morgan fingerprint density at radius 2 is 1.94 bits per heavy atom. The Bertz CT molecular complexity index is 339. The number of unbranched alkanes of at least 4 members (excludes halogenated alkanes) is 2. The number of carboxylic acid groups (broad SMARTS) is 1. The predicted octanol–water partition coefficient (Wildman–Crippen LogP) is 0.205. The molecule has 0 saturated carbocycles. The number of nitrogens with two attached hydrogens (primary N) is 2. The van der Waals surface area contributed by atoms with Crippen molar-refractivity contribution in [1.29, 1.82) is 0 Å². The van der Waals surface area contributed by atoms with E-state index in [0.29, 0.717) is 0 Å². The molecule has 0 aliphatic carbocycles. The Balaban J connectivity index is 4.64. The molecule has 6 heteroatoms. The number of aliphatic carboxylic acids is 1. The Hall–Kier alpha value is -1.69. The number of ketones is 1. The summed E-state index contributed by atoms with van der Waals surface area (Å²) in [6.45, 7) is 2.02. The van der Waals surface area contributed by atoms with Gasteiger partial charge in [-0.05, 0) is 12.5 Å². The number of rotatable bonds is 9. The van der Waals surface area contributed by atoms with Gasteiger partial charge in [-0.2, -0.15) is 0 Å². The standard InChI is InChI=1S/C12H20N2O4/c1-2-3-4-5-6-9(15)8(7-10(13)16)11(14)12(17)18/h5-6,8,11H,2-4,7,14H2,1H3,(H2,13,16)(H,17,18)/t8?,11-/m0/s1. The molecule has 0 bridgehead atoms. The molecule has 0 aliphatic heterocycles. The van der Waals surface area contributed by atoms with Crippen molar-refractivity contribution in [3.05, 3.63) is 12.2 Å². The summed E-state index contributed by atoms with van der Waals surface area (Å²) in [7, 11) is 0. The number of amides is 1. The highest BCUT2D eigenvalue weighted by atomic mass is 16.4. The summed E-state index contributed by atoms with van der Waals surface area (Å²) in [6, 6.07) is -1.42. The molecule has 0 rings (SSSR count). The van der Waals surface area contributed by atoms with Crippen molar-refractivity contribution in [1.82, 2.24) is 0 Å². The molecular weight excluding hydrogens is 236 g/mol. The van der Waals surface area contributed by atoms with Gasteiger partial charge in [-0.1, -0.05) is 25.8 Å². The van der Waals surface area contributed by atoms with Crippen LogP contribution in [0.2, 0.25) is 0 Å². The van der Waals surface area contributed by atoms with E-state index in [0.717, 1.165) is 19.3 Å². The second kappa shape index (κ2) is 8.41. The molecule has 0 aromatic heterocycles. The van der Waals surface area contributed by atoms with Crippen LogP contribution in [0.3, 0.4) is 0 Å². The fraction of sp³-hybridized carbons (Fsp3) is 0.583. The van der Waals surface area contributed by atoms with Crippen LogP contribution in [0.25, 0.3) is 0 Å². The maximum atomic E-state index is 11.7. The van der Waals surface area contributed by atoms with E-state index in [9.17, 15) is 14.4 Å². The Morgan fingerprint density at radius 3 is 2.39 bits per heavy atom. The lowest BCUT2D eigenvalue weighted by atomic mass is 9.91. The molecule has 0 fully saturated rings. The van der Waals surface area contributed by atoms with Gasteiger partial charge in [0, 0.05) is 6.42 Å². The molecule has 0 aromatic rings. The quantitative estimate of drug-likeness (QED) is 0.401. The first kappa shape index (κ1) is 16.3.